The summed E-state index contributed by atoms with van der Waals surface area (Å²) in [6, 6.07) is 0. The van der Waals surface area contributed by atoms with Crippen LogP contribution >= 0.6 is 0 Å². The molecule has 0 spiro atoms. The zero-order valence-corrected chi connectivity index (χ0v) is 12.6. The molecule has 6 nitrogen and oxygen atoms in total. The summed E-state index contributed by atoms with van der Waals surface area (Å²) in [6.07, 6.45) is 5.08. The van der Waals surface area contributed by atoms with Crippen LogP contribution in [0, 0.1) is 0 Å². The summed E-state index contributed by atoms with van der Waals surface area (Å²) >= 11 is 0. The molecule has 1 aromatic heterocycles. The Kier molecular flexibility index (Phi) is 4.20. The molecule has 0 atom stereocenters. The number of nitrogens with zero attached hydrogens (tertiary/aromatic N) is 3. The van der Waals surface area contributed by atoms with Gasteiger partial charge in [0.25, 0.3) is 0 Å². The molecule has 0 N–H and O–H groups in total. The largest absolute Gasteiger partial charge is 0.487 e. The van der Waals surface area contributed by atoms with Crippen molar-refractivity contribution in [2.24, 2.45) is 7.05 Å². The zero-order valence-electron chi connectivity index (χ0n) is 12.6. The molecule has 1 fully saturated rings. The monoisotopic (exact) mass is 281 g/mol. The maximum atomic E-state index is 11.9. The molecule has 1 aliphatic heterocycles. The number of rotatable bonds is 2. The molecule has 1 saturated heterocycles. The molecule has 2 rings (SSSR count). The van der Waals surface area contributed by atoms with Crippen LogP contribution in [-0.2, 0) is 11.8 Å². The summed E-state index contributed by atoms with van der Waals surface area (Å²) in [7, 11) is 1.86. The van der Waals surface area contributed by atoms with Gasteiger partial charge in [0.05, 0.1) is 12.4 Å². The minimum Gasteiger partial charge on any atom is -0.487 e. The lowest BCUT2D eigenvalue weighted by Crippen LogP contribution is -2.44. The second kappa shape index (κ2) is 5.73. The lowest BCUT2D eigenvalue weighted by molar-refractivity contribution is 0.0126. The van der Waals surface area contributed by atoms with Crippen LogP contribution in [0.15, 0.2) is 12.4 Å². The third-order valence-electron chi connectivity index (χ3n) is 3.08. The number of ether oxygens (including phenoxy) is 2. The highest BCUT2D eigenvalue weighted by molar-refractivity contribution is 5.68. The highest BCUT2D eigenvalue weighted by Crippen LogP contribution is 2.19. The van der Waals surface area contributed by atoms with Gasteiger partial charge in [-0.2, -0.15) is 5.10 Å². The van der Waals surface area contributed by atoms with Gasteiger partial charge in [0, 0.05) is 33.0 Å². The first kappa shape index (κ1) is 14.7. The molecular weight excluding hydrogens is 258 g/mol. The van der Waals surface area contributed by atoms with E-state index >= 15 is 0 Å². The van der Waals surface area contributed by atoms with E-state index in [-0.39, 0.29) is 12.2 Å². The van der Waals surface area contributed by atoms with Gasteiger partial charge in [-0.25, -0.2) is 4.79 Å². The Morgan fingerprint density at radius 1 is 1.35 bits per heavy atom. The average molecular weight is 281 g/mol. The van der Waals surface area contributed by atoms with Crippen LogP contribution in [0.1, 0.15) is 33.6 Å². The van der Waals surface area contributed by atoms with Gasteiger partial charge in [-0.05, 0) is 20.8 Å². The highest BCUT2D eigenvalue weighted by atomic mass is 16.6. The maximum Gasteiger partial charge on any atom is 0.410 e. The number of hydrogen-bond donors (Lipinski definition) is 0. The van der Waals surface area contributed by atoms with E-state index in [1.807, 2.05) is 34.0 Å². The fourth-order valence-corrected chi connectivity index (χ4v) is 2.13. The first-order chi connectivity index (χ1) is 9.33. The Bertz CT molecular complexity index is 456. The molecule has 0 bridgehead atoms. The molecule has 0 radical (unpaired) electrons. The SMILES string of the molecule is Cn1cc(OC2CCN(C(=O)OC(C)(C)C)CC2)cn1. The first-order valence-corrected chi connectivity index (χ1v) is 6.97. The van der Waals surface area contributed by atoms with Crippen LogP contribution in [0.2, 0.25) is 0 Å². The zero-order chi connectivity index (χ0) is 14.8. The normalized spacial score (nSPS) is 17.1. The van der Waals surface area contributed by atoms with E-state index in [9.17, 15) is 4.79 Å². The second-order valence-electron chi connectivity index (χ2n) is 6.13. The van der Waals surface area contributed by atoms with E-state index in [4.69, 9.17) is 9.47 Å². The molecule has 6 heteroatoms. The van der Waals surface area contributed by atoms with Crippen molar-refractivity contribution in [2.45, 2.75) is 45.3 Å². The van der Waals surface area contributed by atoms with Crippen molar-refractivity contribution in [1.29, 1.82) is 0 Å². The van der Waals surface area contributed by atoms with Crippen molar-refractivity contribution in [3.8, 4) is 5.75 Å². The topological polar surface area (TPSA) is 56.6 Å². The van der Waals surface area contributed by atoms with Crippen molar-refractivity contribution in [1.82, 2.24) is 14.7 Å². The average Bonchev–Trinajstić information content (AvgIpc) is 2.73. The number of carbonyl (C=O) groups excluding carboxylic acids is 1. The molecule has 0 saturated carbocycles. The third-order valence-corrected chi connectivity index (χ3v) is 3.08. The second-order valence-corrected chi connectivity index (χ2v) is 6.13. The molecule has 0 aromatic carbocycles. The van der Waals surface area contributed by atoms with Gasteiger partial charge in [-0.3, -0.25) is 4.68 Å². The van der Waals surface area contributed by atoms with Gasteiger partial charge in [0.1, 0.15) is 11.7 Å². The lowest BCUT2D eigenvalue weighted by Gasteiger charge is -2.33. The summed E-state index contributed by atoms with van der Waals surface area (Å²) in [4.78, 5) is 13.7. The molecule has 0 aliphatic carbocycles. The summed E-state index contributed by atoms with van der Waals surface area (Å²) in [5, 5.41) is 4.07. The molecule has 112 valence electrons. The Labute approximate surface area is 119 Å². The van der Waals surface area contributed by atoms with Crippen molar-refractivity contribution < 1.29 is 14.3 Å². The van der Waals surface area contributed by atoms with Gasteiger partial charge in [-0.15, -0.1) is 0 Å². The maximum absolute atomic E-state index is 11.9. The molecule has 1 aromatic rings. The standard InChI is InChI=1S/C14H23N3O3/c1-14(2,3)20-13(18)17-7-5-11(6-8-17)19-12-9-15-16(4)10-12/h9-11H,5-8H2,1-4H3. The highest BCUT2D eigenvalue weighted by Gasteiger charge is 2.27. The Hall–Kier alpha value is -1.72. The van der Waals surface area contributed by atoms with Crippen LogP contribution in [0.5, 0.6) is 5.75 Å². The van der Waals surface area contributed by atoms with Gasteiger partial charge in [0.15, 0.2) is 5.75 Å². The van der Waals surface area contributed by atoms with Gasteiger partial charge in [0.2, 0.25) is 0 Å². The Morgan fingerprint density at radius 2 is 2.00 bits per heavy atom. The summed E-state index contributed by atoms with van der Waals surface area (Å²) in [5.74, 6) is 0.781. The van der Waals surface area contributed by atoms with Crippen LogP contribution in [0.25, 0.3) is 0 Å². The quantitative estimate of drug-likeness (QED) is 0.834. The van der Waals surface area contributed by atoms with Crippen molar-refractivity contribution in [2.75, 3.05) is 13.1 Å². The molecule has 0 unspecified atom stereocenters. The van der Waals surface area contributed by atoms with Gasteiger partial charge in [-0.1, -0.05) is 0 Å². The van der Waals surface area contributed by atoms with Crippen molar-refractivity contribution in [3.63, 3.8) is 0 Å². The number of aryl methyl sites for hydroxylation is 1. The van der Waals surface area contributed by atoms with Crippen LogP contribution in [0.4, 0.5) is 4.79 Å². The van der Waals surface area contributed by atoms with E-state index in [2.05, 4.69) is 5.10 Å². The Morgan fingerprint density at radius 3 is 2.50 bits per heavy atom. The first-order valence-electron chi connectivity index (χ1n) is 6.97. The van der Waals surface area contributed by atoms with Gasteiger partial charge >= 0.3 is 6.09 Å². The predicted molar refractivity (Wildman–Crippen MR) is 74.7 cm³/mol. The van der Waals surface area contributed by atoms with Crippen LogP contribution in [0.3, 0.4) is 0 Å². The van der Waals surface area contributed by atoms with E-state index in [0.29, 0.717) is 13.1 Å². The van der Waals surface area contributed by atoms with Crippen molar-refractivity contribution in [3.05, 3.63) is 12.4 Å². The fraction of sp³-hybridized carbons (Fsp3) is 0.714. The summed E-state index contributed by atoms with van der Waals surface area (Å²) in [5.41, 5.74) is -0.444. The number of carbonyl (C=O) groups is 1. The number of piperidine rings is 1. The summed E-state index contributed by atoms with van der Waals surface area (Å²) < 4.78 is 12.9. The minimum atomic E-state index is -0.444. The van der Waals surface area contributed by atoms with E-state index in [1.165, 1.54) is 0 Å². The third kappa shape index (κ3) is 4.15. The Balaban J connectivity index is 1.79. The molecular formula is C14H23N3O3. The molecule has 1 aliphatic rings. The van der Waals surface area contributed by atoms with E-state index in [1.54, 1.807) is 15.8 Å². The predicted octanol–water partition coefficient (Wildman–Crippen LogP) is 2.20. The number of amides is 1. The molecule has 2 heterocycles. The van der Waals surface area contributed by atoms with Gasteiger partial charge < -0.3 is 14.4 Å². The molecule has 20 heavy (non-hydrogen) atoms. The van der Waals surface area contributed by atoms with E-state index in [0.717, 1.165) is 18.6 Å². The smallest absolute Gasteiger partial charge is 0.410 e. The minimum absolute atomic E-state index is 0.137. The number of likely N-dealkylation sites (tertiary alicyclic amines) is 1. The van der Waals surface area contributed by atoms with Crippen LogP contribution < -0.4 is 4.74 Å². The van der Waals surface area contributed by atoms with E-state index < -0.39 is 5.60 Å². The summed E-state index contributed by atoms with van der Waals surface area (Å²) in [6.45, 7) is 6.97. The van der Waals surface area contributed by atoms with Crippen molar-refractivity contribution >= 4 is 6.09 Å². The fourth-order valence-electron chi connectivity index (χ4n) is 2.13. The molecule has 1 amide bonds. The lowest BCUT2D eigenvalue weighted by atomic mass is 10.1. The number of hydrogen-bond acceptors (Lipinski definition) is 4. The van der Waals surface area contributed by atoms with Crippen LogP contribution in [-0.4, -0.2) is 45.6 Å². The number of aromatic nitrogens is 2.